The Labute approximate surface area is 421 Å². The molecule has 7 atom stereocenters. The normalized spacial score (nSPS) is 19.7. The third kappa shape index (κ3) is 38.0. The lowest BCUT2D eigenvalue weighted by molar-refractivity contribution is -0.302. The minimum atomic E-state index is -1.59. The molecule has 1 amide bonds. The van der Waals surface area contributed by atoms with E-state index in [4.69, 9.17) is 14.2 Å². The molecular weight excluding hydrogens is 871 g/mol. The monoisotopic (exact) mass is 976 g/mol. The van der Waals surface area contributed by atoms with Crippen LogP contribution in [0.25, 0.3) is 0 Å². The van der Waals surface area contributed by atoms with Gasteiger partial charge in [0.25, 0.3) is 0 Å². The van der Waals surface area contributed by atoms with E-state index >= 15 is 0 Å². The van der Waals surface area contributed by atoms with E-state index in [1.165, 1.54) is 116 Å². The number of esters is 1. The second kappa shape index (κ2) is 47.9. The number of unbranched alkanes of at least 4 members (excludes halogenated alkanes) is 28. The van der Waals surface area contributed by atoms with E-state index in [9.17, 15) is 35.1 Å². The molecule has 0 saturated carbocycles. The summed E-state index contributed by atoms with van der Waals surface area (Å²) < 4.78 is 16.7. The maximum Gasteiger partial charge on any atom is 0.305 e. The van der Waals surface area contributed by atoms with Crippen LogP contribution < -0.4 is 5.32 Å². The Morgan fingerprint density at radius 3 is 1.45 bits per heavy atom. The van der Waals surface area contributed by atoms with Crippen LogP contribution in [0.3, 0.4) is 0 Å². The SMILES string of the molecule is CCCCCC/C=C/CC/C=C/CC/C=C/C(O)C(COC1OC(CO)C(O)C(O)C1O)NC(=O)CCCCCCC/C=C\CCCCCCCCCOC(=O)CCCCCCCCCCCCC. The highest BCUT2D eigenvalue weighted by Crippen LogP contribution is 2.23. The zero-order valence-electron chi connectivity index (χ0n) is 44.0. The average molecular weight is 976 g/mol. The molecule has 1 fully saturated rings. The second-order valence-corrected chi connectivity index (χ2v) is 19.6. The molecule has 1 heterocycles. The first kappa shape index (κ1) is 64.6. The number of hydrogen-bond acceptors (Lipinski definition) is 10. The van der Waals surface area contributed by atoms with Gasteiger partial charge in [0.1, 0.15) is 24.4 Å². The minimum absolute atomic E-state index is 0.0230. The van der Waals surface area contributed by atoms with Crippen LogP contribution in [0.15, 0.2) is 48.6 Å². The number of amides is 1. The van der Waals surface area contributed by atoms with E-state index in [2.05, 4.69) is 55.6 Å². The Morgan fingerprint density at radius 2 is 0.942 bits per heavy atom. The van der Waals surface area contributed by atoms with E-state index < -0.39 is 49.5 Å². The van der Waals surface area contributed by atoms with Crippen LogP contribution >= 0.6 is 0 Å². The summed E-state index contributed by atoms with van der Waals surface area (Å²) in [4.78, 5) is 25.0. The Kier molecular flexibility index (Phi) is 44.9. The Bertz CT molecular complexity index is 1290. The van der Waals surface area contributed by atoms with Crippen molar-refractivity contribution in [1.29, 1.82) is 0 Å². The van der Waals surface area contributed by atoms with Gasteiger partial charge in [-0.15, -0.1) is 0 Å². The fraction of sp³-hybridized carbons (Fsp3) is 0.828. The maximum atomic E-state index is 13.0. The number of nitrogens with one attached hydrogen (secondary N) is 1. The van der Waals surface area contributed by atoms with Crippen LogP contribution in [-0.4, -0.2) is 100 Å². The van der Waals surface area contributed by atoms with Crippen molar-refractivity contribution in [2.75, 3.05) is 19.8 Å². The zero-order chi connectivity index (χ0) is 50.3. The molecule has 7 unspecified atom stereocenters. The first-order chi connectivity index (χ1) is 33.7. The lowest BCUT2D eigenvalue weighted by Crippen LogP contribution is -2.60. The summed E-state index contributed by atoms with van der Waals surface area (Å²) in [6.45, 7) is 4.25. The van der Waals surface area contributed by atoms with Crippen molar-refractivity contribution < 1.29 is 49.3 Å². The first-order valence-electron chi connectivity index (χ1n) is 28.4. The highest BCUT2D eigenvalue weighted by molar-refractivity contribution is 5.76. The van der Waals surface area contributed by atoms with Gasteiger partial charge in [-0.05, 0) is 83.5 Å². The zero-order valence-corrected chi connectivity index (χ0v) is 44.0. The Morgan fingerprint density at radius 1 is 0.522 bits per heavy atom. The molecular formula is C58H105NO10. The topological polar surface area (TPSA) is 175 Å². The summed E-state index contributed by atoms with van der Waals surface area (Å²) in [5.41, 5.74) is 0. The van der Waals surface area contributed by atoms with E-state index in [0.717, 1.165) is 96.3 Å². The first-order valence-corrected chi connectivity index (χ1v) is 28.4. The number of aliphatic hydroxyl groups excluding tert-OH is 5. The van der Waals surface area contributed by atoms with Gasteiger partial charge in [-0.25, -0.2) is 0 Å². The van der Waals surface area contributed by atoms with Crippen LogP contribution in [0.1, 0.15) is 245 Å². The summed E-state index contributed by atoms with van der Waals surface area (Å²) in [7, 11) is 0. The standard InChI is InChI=1S/C58H105NO10/c1-3-5-7-9-11-13-15-16-21-25-28-32-36-40-44-51(61)50(49-68-58-57(66)56(65)55(64)52(48-60)69-58)59-53(62)45-41-37-33-29-26-22-19-17-18-20-23-27-31-35-39-43-47-67-54(63)46-42-38-34-30-24-14-12-10-8-6-4-2/h13,15,17,19,25,28,40,44,50-52,55-58,60-61,64-66H,3-12,14,16,18,20-24,26-27,29-39,41-43,45-49H2,1-2H3,(H,59,62)/b15-13+,19-17-,28-25+,44-40+. The minimum Gasteiger partial charge on any atom is -0.466 e. The van der Waals surface area contributed by atoms with Crippen LogP contribution in [-0.2, 0) is 23.8 Å². The quantitative estimate of drug-likeness (QED) is 0.0196. The molecule has 1 saturated heterocycles. The molecule has 11 nitrogen and oxygen atoms in total. The molecule has 0 bridgehead atoms. The molecule has 11 heteroatoms. The maximum absolute atomic E-state index is 13.0. The van der Waals surface area contributed by atoms with Crippen molar-refractivity contribution in [2.24, 2.45) is 0 Å². The number of aliphatic hydroxyl groups is 5. The molecule has 1 rings (SSSR count). The van der Waals surface area contributed by atoms with Crippen molar-refractivity contribution in [2.45, 2.75) is 288 Å². The summed E-state index contributed by atoms with van der Waals surface area (Å²) in [6, 6.07) is -0.847. The third-order valence-electron chi connectivity index (χ3n) is 13.1. The van der Waals surface area contributed by atoms with E-state index in [1.54, 1.807) is 6.08 Å². The fourth-order valence-corrected chi connectivity index (χ4v) is 8.58. The number of carbonyl (C=O) groups excluding carboxylic acids is 2. The van der Waals surface area contributed by atoms with Crippen molar-refractivity contribution in [1.82, 2.24) is 5.32 Å². The van der Waals surface area contributed by atoms with Crippen LogP contribution in [0.4, 0.5) is 0 Å². The number of carbonyl (C=O) groups is 2. The van der Waals surface area contributed by atoms with Crippen molar-refractivity contribution in [3.63, 3.8) is 0 Å². The number of hydrogen-bond donors (Lipinski definition) is 6. The molecule has 1 aliphatic heterocycles. The number of rotatable bonds is 48. The summed E-state index contributed by atoms with van der Waals surface area (Å²) in [5.74, 6) is -0.237. The van der Waals surface area contributed by atoms with Crippen molar-refractivity contribution in [3.05, 3.63) is 48.6 Å². The van der Waals surface area contributed by atoms with Gasteiger partial charge in [0.05, 0.1) is 32.0 Å². The van der Waals surface area contributed by atoms with Gasteiger partial charge in [0.15, 0.2) is 6.29 Å². The van der Waals surface area contributed by atoms with E-state index in [-0.39, 0.29) is 18.5 Å². The molecule has 0 aromatic rings. The van der Waals surface area contributed by atoms with E-state index in [1.807, 2.05) is 6.08 Å². The lowest BCUT2D eigenvalue weighted by atomic mass is 9.99. The third-order valence-corrected chi connectivity index (χ3v) is 13.1. The van der Waals surface area contributed by atoms with Crippen LogP contribution in [0.2, 0.25) is 0 Å². The van der Waals surface area contributed by atoms with E-state index in [0.29, 0.717) is 25.9 Å². The molecule has 6 N–H and O–H groups in total. The molecule has 0 radical (unpaired) electrons. The van der Waals surface area contributed by atoms with Gasteiger partial charge in [-0.1, -0.05) is 197 Å². The molecule has 402 valence electrons. The molecule has 69 heavy (non-hydrogen) atoms. The molecule has 0 aliphatic carbocycles. The number of allylic oxidation sites excluding steroid dienone is 7. The Balaban J connectivity index is 2.19. The highest BCUT2D eigenvalue weighted by atomic mass is 16.7. The molecule has 1 aliphatic rings. The highest BCUT2D eigenvalue weighted by Gasteiger charge is 2.44. The average Bonchev–Trinajstić information content (AvgIpc) is 3.34. The summed E-state index contributed by atoms with van der Waals surface area (Å²) in [6.07, 6.45) is 49.0. The smallest absolute Gasteiger partial charge is 0.305 e. The van der Waals surface area contributed by atoms with Crippen molar-refractivity contribution >= 4 is 11.9 Å². The van der Waals surface area contributed by atoms with Gasteiger partial charge in [0, 0.05) is 12.8 Å². The van der Waals surface area contributed by atoms with Gasteiger partial charge >= 0.3 is 5.97 Å². The van der Waals surface area contributed by atoms with Crippen LogP contribution in [0.5, 0.6) is 0 Å². The van der Waals surface area contributed by atoms with Gasteiger partial charge in [-0.3, -0.25) is 9.59 Å². The van der Waals surface area contributed by atoms with Gasteiger partial charge in [-0.2, -0.15) is 0 Å². The van der Waals surface area contributed by atoms with Crippen LogP contribution in [0, 0.1) is 0 Å². The Hall–Kier alpha value is -2.38. The van der Waals surface area contributed by atoms with Gasteiger partial charge < -0.3 is 45.1 Å². The number of ether oxygens (including phenoxy) is 3. The summed E-state index contributed by atoms with van der Waals surface area (Å²) in [5, 5.41) is 54.3. The predicted octanol–water partition coefficient (Wildman–Crippen LogP) is 12.5. The molecule has 0 aromatic carbocycles. The molecule has 0 spiro atoms. The van der Waals surface area contributed by atoms with Gasteiger partial charge in [0.2, 0.25) is 5.91 Å². The predicted molar refractivity (Wildman–Crippen MR) is 283 cm³/mol. The largest absolute Gasteiger partial charge is 0.466 e. The lowest BCUT2D eigenvalue weighted by Gasteiger charge is -2.40. The fourth-order valence-electron chi connectivity index (χ4n) is 8.58. The van der Waals surface area contributed by atoms with Crippen molar-refractivity contribution in [3.8, 4) is 0 Å². The second-order valence-electron chi connectivity index (χ2n) is 19.6. The summed E-state index contributed by atoms with van der Waals surface area (Å²) >= 11 is 0. The molecule has 0 aromatic heterocycles.